The normalized spacial score (nSPS) is 19.7. The van der Waals surface area contributed by atoms with Crippen molar-refractivity contribution in [2.45, 2.75) is 26.0 Å². The van der Waals surface area contributed by atoms with E-state index in [1.165, 1.54) is 6.07 Å². The number of carbonyl (C=O) groups excluding carboxylic acids is 1. The molecular weight excluding hydrogens is 318 g/mol. The number of amides is 1. The van der Waals surface area contributed by atoms with Gasteiger partial charge in [0.25, 0.3) is 0 Å². The molecule has 2 aromatic heterocycles. The van der Waals surface area contributed by atoms with Crippen LogP contribution >= 0.6 is 11.6 Å². The standard InChI is InChI=1S/C13H13ClF2N4O2/c1-6(7-2-10(21)17-4-7)22-12-11-8(3-9(14)19-12)18-5-20(11)13(15)16/h3,5-7,13H,2,4H2,1H3,(H,17,21)/t6-,7?/m1/s1. The van der Waals surface area contributed by atoms with E-state index in [-0.39, 0.29) is 40.0 Å². The summed E-state index contributed by atoms with van der Waals surface area (Å²) in [6, 6.07) is 1.40. The number of imidazole rings is 1. The minimum Gasteiger partial charge on any atom is -0.473 e. The fraction of sp³-hybridized carbons (Fsp3) is 0.462. The minimum atomic E-state index is -2.76. The van der Waals surface area contributed by atoms with Crippen LogP contribution in [0.4, 0.5) is 8.78 Å². The van der Waals surface area contributed by atoms with E-state index >= 15 is 0 Å². The third-order valence-electron chi connectivity index (χ3n) is 3.67. The highest BCUT2D eigenvalue weighted by atomic mass is 35.5. The third kappa shape index (κ3) is 2.70. The van der Waals surface area contributed by atoms with E-state index in [4.69, 9.17) is 16.3 Å². The largest absolute Gasteiger partial charge is 0.473 e. The molecule has 3 rings (SSSR count). The van der Waals surface area contributed by atoms with E-state index in [1.54, 1.807) is 6.92 Å². The molecule has 22 heavy (non-hydrogen) atoms. The molecule has 1 aliphatic rings. The van der Waals surface area contributed by atoms with Crippen molar-refractivity contribution in [1.29, 1.82) is 0 Å². The monoisotopic (exact) mass is 330 g/mol. The number of alkyl halides is 2. The number of fused-ring (bicyclic) bond motifs is 1. The first kappa shape index (κ1) is 15.0. The second-order valence-electron chi connectivity index (χ2n) is 5.14. The molecule has 0 spiro atoms. The SMILES string of the molecule is C[C@@H](Oc1nc(Cl)cc2ncn(C(F)F)c12)C1CNC(=O)C1. The predicted octanol–water partition coefficient (Wildman–Crippen LogP) is 2.38. The van der Waals surface area contributed by atoms with Crippen molar-refractivity contribution in [3.63, 3.8) is 0 Å². The summed E-state index contributed by atoms with van der Waals surface area (Å²) >= 11 is 5.88. The molecule has 0 aliphatic carbocycles. The Kier molecular flexibility index (Phi) is 3.86. The lowest BCUT2D eigenvalue weighted by molar-refractivity contribution is -0.119. The fourth-order valence-electron chi connectivity index (χ4n) is 2.46. The number of ether oxygens (including phenoxy) is 1. The maximum Gasteiger partial charge on any atom is 0.320 e. The van der Waals surface area contributed by atoms with Gasteiger partial charge >= 0.3 is 6.55 Å². The zero-order chi connectivity index (χ0) is 15.9. The van der Waals surface area contributed by atoms with Crippen LogP contribution in [0.2, 0.25) is 5.15 Å². The van der Waals surface area contributed by atoms with Gasteiger partial charge in [0.1, 0.15) is 23.1 Å². The number of pyridine rings is 1. The molecule has 1 amide bonds. The zero-order valence-corrected chi connectivity index (χ0v) is 12.3. The van der Waals surface area contributed by atoms with Crippen molar-refractivity contribution in [2.75, 3.05) is 6.54 Å². The molecule has 0 bridgehead atoms. The number of halogens is 3. The highest BCUT2D eigenvalue weighted by molar-refractivity contribution is 6.30. The highest BCUT2D eigenvalue weighted by Gasteiger charge is 2.29. The smallest absolute Gasteiger partial charge is 0.320 e. The minimum absolute atomic E-state index is 0.00727. The molecule has 6 nitrogen and oxygen atoms in total. The summed E-state index contributed by atoms with van der Waals surface area (Å²) in [5.41, 5.74) is 0.367. The van der Waals surface area contributed by atoms with E-state index in [9.17, 15) is 13.6 Å². The Morgan fingerprint density at radius 3 is 2.95 bits per heavy atom. The van der Waals surface area contributed by atoms with Gasteiger partial charge < -0.3 is 10.1 Å². The molecule has 2 atom stereocenters. The maximum atomic E-state index is 13.1. The Balaban J connectivity index is 1.95. The van der Waals surface area contributed by atoms with Crippen LogP contribution in [0.15, 0.2) is 12.4 Å². The van der Waals surface area contributed by atoms with Crippen LogP contribution < -0.4 is 10.1 Å². The first-order valence-corrected chi connectivity index (χ1v) is 7.08. The van der Waals surface area contributed by atoms with Gasteiger partial charge in [0.15, 0.2) is 0 Å². The van der Waals surface area contributed by atoms with Crippen LogP contribution in [-0.4, -0.2) is 33.1 Å². The summed E-state index contributed by atoms with van der Waals surface area (Å²) in [4.78, 5) is 19.1. The predicted molar refractivity (Wildman–Crippen MR) is 75.0 cm³/mol. The highest BCUT2D eigenvalue weighted by Crippen LogP contribution is 2.31. The van der Waals surface area contributed by atoms with Crippen molar-refractivity contribution >= 4 is 28.5 Å². The molecule has 0 radical (unpaired) electrons. The second-order valence-corrected chi connectivity index (χ2v) is 5.53. The molecule has 118 valence electrons. The van der Waals surface area contributed by atoms with Gasteiger partial charge in [-0.15, -0.1) is 0 Å². The lowest BCUT2D eigenvalue weighted by Gasteiger charge is -2.19. The maximum absolute atomic E-state index is 13.1. The lowest BCUT2D eigenvalue weighted by atomic mass is 10.0. The summed E-state index contributed by atoms with van der Waals surface area (Å²) in [6.07, 6.45) is 0.971. The average molecular weight is 331 g/mol. The molecular formula is C13H13ClF2N4O2. The van der Waals surface area contributed by atoms with E-state index in [0.717, 1.165) is 6.33 Å². The van der Waals surface area contributed by atoms with Crippen molar-refractivity contribution in [3.8, 4) is 5.88 Å². The van der Waals surface area contributed by atoms with E-state index in [0.29, 0.717) is 17.5 Å². The first-order chi connectivity index (χ1) is 10.5. The van der Waals surface area contributed by atoms with Gasteiger partial charge in [-0.3, -0.25) is 9.36 Å². The van der Waals surface area contributed by atoms with Crippen molar-refractivity contribution in [3.05, 3.63) is 17.5 Å². The Morgan fingerprint density at radius 2 is 2.32 bits per heavy atom. The summed E-state index contributed by atoms with van der Waals surface area (Å²) in [6.45, 7) is -0.513. The molecule has 1 unspecified atom stereocenters. The Morgan fingerprint density at radius 1 is 1.55 bits per heavy atom. The number of carbonyl (C=O) groups is 1. The Labute approximate surface area is 129 Å². The number of hydrogen-bond donors (Lipinski definition) is 1. The van der Waals surface area contributed by atoms with Gasteiger partial charge in [0, 0.05) is 24.9 Å². The van der Waals surface area contributed by atoms with Crippen LogP contribution in [-0.2, 0) is 4.79 Å². The molecule has 1 fully saturated rings. The zero-order valence-electron chi connectivity index (χ0n) is 11.6. The number of nitrogens with one attached hydrogen (secondary N) is 1. The lowest BCUT2D eigenvalue weighted by Crippen LogP contribution is -2.26. The topological polar surface area (TPSA) is 69.0 Å². The van der Waals surface area contributed by atoms with Gasteiger partial charge in [-0.2, -0.15) is 13.8 Å². The second kappa shape index (κ2) is 5.68. The van der Waals surface area contributed by atoms with E-state index in [1.807, 2.05) is 0 Å². The molecule has 0 saturated carbocycles. The molecule has 0 aromatic carbocycles. The quantitative estimate of drug-likeness (QED) is 0.874. The summed E-state index contributed by atoms with van der Waals surface area (Å²) in [7, 11) is 0. The Bertz CT molecular complexity index is 721. The van der Waals surface area contributed by atoms with Gasteiger partial charge in [-0.25, -0.2) is 4.98 Å². The van der Waals surface area contributed by atoms with E-state index < -0.39 is 6.55 Å². The van der Waals surface area contributed by atoms with Gasteiger partial charge in [-0.1, -0.05) is 11.6 Å². The average Bonchev–Trinajstić information content (AvgIpc) is 3.04. The molecule has 1 aliphatic heterocycles. The summed E-state index contributed by atoms with van der Waals surface area (Å²) in [5, 5.41) is 2.81. The molecule has 2 aromatic rings. The van der Waals surface area contributed by atoms with Gasteiger partial charge in [0.05, 0.1) is 5.52 Å². The van der Waals surface area contributed by atoms with E-state index in [2.05, 4.69) is 15.3 Å². The first-order valence-electron chi connectivity index (χ1n) is 6.70. The van der Waals surface area contributed by atoms with Crippen molar-refractivity contribution < 1.29 is 18.3 Å². The number of nitrogens with zero attached hydrogens (tertiary/aromatic N) is 3. The van der Waals surface area contributed by atoms with Gasteiger partial charge in [0.2, 0.25) is 11.8 Å². The van der Waals surface area contributed by atoms with Crippen molar-refractivity contribution in [2.24, 2.45) is 5.92 Å². The molecule has 3 heterocycles. The van der Waals surface area contributed by atoms with Crippen LogP contribution in [0, 0.1) is 5.92 Å². The van der Waals surface area contributed by atoms with Crippen molar-refractivity contribution in [1.82, 2.24) is 19.9 Å². The fourth-order valence-corrected chi connectivity index (χ4v) is 2.64. The summed E-state index contributed by atoms with van der Waals surface area (Å²) < 4.78 is 32.5. The number of aromatic nitrogens is 3. The van der Waals surface area contributed by atoms with Gasteiger partial charge in [-0.05, 0) is 6.92 Å². The molecule has 9 heteroatoms. The van der Waals surface area contributed by atoms with Crippen LogP contribution in [0.3, 0.4) is 0 Å². The Hall–Kier alpha value is -1.96. The molecule has 1 N–H and O–H groups in total. The molecule has 1 saturated heterocycles. The number of hydrogen-bond acceptors (Lipinski definition) is 4. The van der Waals surface area contributed by atoms with Crippen LogP contribution in [0.1, 0.15) is 19.9 Å². The van der Waals surface area contributed by atoms with Crippen LogP contribution in [0.5, 0.6) is 5.88 Å². The third-order valence-corrected chi connectivity index (χ3v) is 3.86. The summed E-state index contributed by atoms with van der Waals surface area (Å²) in [5.74, 6) is -0.110. The van der Waals surface area contributed by atoms with Crippen LogP contribution in [0.25, 0.3) is 11.0 Å². The number of rotatable bonds is 4.